The van der Waals surface area contributed by atoms with Gasteiger partial charge < -0.3 is 5.73 Å². The number of nitrogen functional groups attached to an aromatic ring is 1. The van der Waals surface area contributed by atoms with E-state index in [0.717, 1.165) is 12.1 Å². The van der Waals surface area contributed by atoms with Crippen molar-refractivity contribution in [3.05, 3.63) is 29.3 Å². The number of benzene rings is 1. The van der Waals surface area contributed by atoms with Crippen molar-refractivity contribution >= 4 is 15.8 Å². The van der Waals surface area contributed by atoms with Gasteiger partial charge in [-0.1, -0.05) is 26.0 Å². The van der Waals surface area contributed by atoms with Crippen LogP contribution in [0.2, 0.25) is 0 Å². The molecule has 4 nitrogen and oxygen atoms in total. The summed E-state index contributed by atoms with van der Waals surface area (Å²) < 4.78 is 27.6. The fourth-order valence-corrected chi connectivity index (χ4v) is 1.98. The van der Waals surface area contributed by atoms with E-state index in [-0.39, 0.29) is 5.75 Å². The van der Waals surface area contributed by atoms with E-state index in [9.17, 15) is 8.42 Å². The normalized spacial score (nSPS) is 10.6. The lowest BCUT2D eigenvalue weighted by molar-refractivity contribution is 0.482. The van der Waals surface area contributed by atoms with Gasteiger partial charge in [-0.25, -0.2) is 0 Å². The van der Waals surface area contributed by atoms with Gasteiger partial charge in [-0.3, -0.25) is 4.55 Å². The van der Waals surface area contributed by atoms with Crippen LogP contribution in [0, 0.1) is 6.92 Å². The second kappa shape index (κ2) is 7.29. The maximum Gasteiger partial charge on any atom is 0.264 e. The maximum atomic E-state index is 9.79. The average molecular weight is 259 g/mol. The van der Waals surface area contributed by atoms with Gasteiger partial charge in [-0.15, -0.1) is 0 Å². The molecule has 0 aliphatic rings. The quantitative estimate of drug-likeness (QED) is 0.645. The van der Waals surface area contributed by atoms with Crippen LogP contribution in [0.4, 0.5) is 5.69 Å². The molecule has 0 unspecified atom stereocenters. The molecule has 5 heteroatoms. The van der Waals surface area contributed by atoms with Gasteiger partial charge in [0.05, 0.1) is 5.75 Å². The lowest BCUT2D eigenvalue weighted by Gasteiger charge is -2.04. The summed E-state index contributed by atoms with van der Waals surface area (Å²) >= 11 is 0. The molecule has 0 aromatic heterocycles. The molecule has 1 aromatic carbocycles. The monoisotopic (exact) mass is 259 g/mol. The Hall–Kier alpha value is -1.07. The summed E-state index contributed by atoms with van der Waals surface area (Å²) in [6.07, 6.45) is 1.50. The van der Waals surface area contributed by atoms with Crippen LogP contribution in [0.1, 0.15) is 31.4 Å². The molecule has 98 valence electrons. The summed E-state index contributed by atoms with van der Waals surface area (Å²) in [7, 11) is -3.67. The zero-order valence-corrected chi connectivity index (χ0v) is 11.4. The Morgan fingerprint density at radius 3 is 2.12 bits per heavy atom. The Labute approximate surface area is 104 Å². The minimum Gasteiger partial charge on any atom is -0.398 e. The van der Waals surface area contributed by atoms with Crippen molar-refractivity contribution in [1.29, 1.82) is 0 Å². The van der Waals surface area contributed by atoms with Gasteiger partial charge in [-0.05, 0) is 37.0 Å². The molecule has 0 amide bonds. The van der Waals surface area contributed by atoms with Gasteiger partial charge in [0.25, 0.3) is 10.1 Å². The summed E-state index contributed by atoms with van der Waals surface area (Å²) in [5.74, 6) is -0.132. The van der Waals surface area contributed by atoms with Gasteiger partial charge >= 0.3 is 0 Å². The number of hydrogen-bond donors (Lipinski definition) is 2. The summed E-state index contributed by atoms with van der Waals surface area (Å²) in [6.45, 7) is 5.90. The molecule has 0 spiro atoms. The van der Waals surface area contributed by atoms with Crippen molar-refractivity contribution in [1.82, 2.24) is 0 Å². The molecule has 0 saturated heterocycles. The standard InChI is InChI=1S/C9H13N.C3H8O3S/c1-3-8-7(2)5-4-6-9(8)10;1-2-3-7(4,5)6/h4-6H,3,10H2,1-2H3;2-3H2,1H3,(H,4,5,6). The molecule has 3 N–H and O–H groups in total. The average Bonchev–Trinajstić information content (AvgIpc) is 2.17. The van der Waals surface area contributed by atoms with Crippen LogP contribution in [-0.4, -0.2) is 18.7 Å². The first-order chi connectivity index (χ1) is 7.81. The van der Waals surface area contributed by atoms with E-state index in [1.165, 1.54) is 11.1 Å². The van der Waals surface area contributed by atoms with Crippen molar-refractivity contribution in [3.63, 3.8) is 0 Å². The third-order valence-corrected chi connectivity index (χ3v) is 3.19. The fourth-order valence-electron chi connectivity index (χ4n) is 1.47. The van der Waals surface area contributed by atoms with E-state index in [2.05, 4.69) is 19.9 Å². The van der Waals surface area contributed by atoms with Crippen LogP contribution in [0.15, 0.2) is 18.2 Å². The largest absolute Gasteiger partial charge is 0.398 e. The van der Waals surface area contributed by atoms with Crippen LogP contribution < -0.4 is 5.73 Å². The zero-order chi connectivity index (χ0) is 13.5. The van der Waals surface area contributed by atoms with Crippen molar-refractivity contribution in [3.8, 4) is 0 Å². The summed E-state index contributed by atoms with van der Waals surface area (Å²) in [4.78, 5) is 0. The molecule has 0 fully saturated rings. The molecule has 1 rings (SSSR count). The molecular weight excluding hydrogens is 238 g/mol. The highest BCUT2D eigenvalue weighted by Crippen LogP contribution is 2.15. The molecule has 0 radical (unpaired) electrons. The van der Waals surface area contributed by atoms with E-state index >= 15 is 0 Å². The second-order valence-electron chi connectivity index (χ2n) is 3.78. The van der Waals surface area contributed by atoms with Crippen LogP contribution in [0.25, 0.3) is 0 Å². The third kappa shape index (κ3) is 6.97. The fraction of sp³-hybridized carbons (Fsp3) is 0.500. The Kier molecular flexibility index (Phi) is 6.83. The molecule has 0 aliphatic heterocycles. The van der Waals surface area contributed by atoms with Gasteiger partial charge in [0.2, 0.25) is 0 Å². The van der Waals surface area contributed by atoms with Crippen molar-refractivity contribution in [2.45, 2.75) is 33.6 Å². The molecule has 0 atom stereocenters. The van der Waals surface area contributed by atoms with E-state index in [0.29, 0.717) is 6.42 Å². The van der Waals surface area contributed by atoms with Gasteiger partial charge in [0, 0.05) is 5.69 Å². The van der Waals surface area contributed by atoms with E-state index in [4.69, 9.17) is 10.3 Å². The number of anilines is 1. The predicted molar refractivity (Wildman–Crippen MR) is 71.7 cm³/mol. The first kappa shape index (κ1) is 15.9. The summed E-state index contributed by atoms with van der Waals surface area (Å²) in [5, 5.41) is 0. The maximum absolute atomic E-state index is 9.79. The first-order valence-electron chi connectivity index (χ1n) is 5.61. The van der Waals surface area contributed by atoms with Crippen LogP contribution in [0.5, 0.6) is 0 Å². The lowest BCUT2D eigenvalue weighted by atomic mass is 10.1. The Bertz CT molecular complexity index is 421. The highest BCUT2D eigenvalue weighted by Gasteiger charge is 1.98. The van der Waals surface area contributed by atoms with E-state index < -0.39 is 10.1 Å². The predicted octanol–water partition coefficient (Wildman–Crippen LogP) is 2.42. The highest BCUT2D eigenvalue weighted by atomic mass is 32.2. The smallest absolute Gasteiger partial charge is 0.264 e. The number of hydrogen-bond acceptors (Lipinski definition) is 3. The van der Waals surface area contributed by atoms with Crippen LogP contribution in [0.3, 0.4) is 0 Å². The summed E-state index contributed by atoms with van der Waals surface area (Å²) in [6, 6.07) is 6.03. The number of aryl methyl sites for hydroxylation is 1. The Morgan fingerprint density at radius 2 is 1.88 bits per heavy atom. The van der Waals surface area contributed by atoms with Crippen LogP contribution >= 0.6 is 0 Å². The molecular formula is C12H21NO3S. The Balaban J connectivity index is 0.000000325. The van der Waals surface area contributed by atoms with Gasteiger partial charge in [0.15, 0.2) is 0 Å². The lowest BCUT2D eigenvalue weighted by Crippen LogP contribution is -2.01. The first-order valence-corrected chi connectivity index (χ1v) is 7.21. The molecule has 0 heterocycles. The molecule has 0 bridgehead atoms. The molecule has 17 heavy (non-hydrogen) atoms. The molecule has 0 aliphatic carbocycles. The zero-order valence-electron chi connectivity index (χ0n) is 10.6. The second-order valence-corrected chi connectivity index (χ2v) is 5.35. The van der Waals surface area contributed by atoms with Crippen molar-refractivity contribution < 1.29 is 13.0 Å². The highest BCUT2D eigenvalue weighted by molar-refractivity contribution is 7.85. The van der Waals surface area contributed by atoms with Crippen LogP contribution in [-0.2, 0) is 16.5 Å². The van der Waals surface area contributed by atoms with E-state index in [1.807, 2.05) is 12.1 Å². The van der Waals surface area contributed by atoms with Crippen molar-refractivity contribution in [2.24, 2.45) is 0 Å². The van der Waals surface area contributed by atoms with Gasteiger partial charge in [0.1, 0.15) is 0 Å². The summed E-state index contributed by atoms with van der Waals surface area (Å²) in [5.41, 5.74) is 9.22. The minimum atomic E-state index is -3.67. The minimum absolute atomic E-state index is 0.132. The number of rotatable bonds is 3. The third-order valence-electron chi connectivity index (χ3n) is 2.26. The Morgan fingerprint density at radius 1 is 1.29 bits per heavy atom. The molecule has 1 aromatic rings. The van der Waals surface area contributed by atoms with Crippen molar-refractivity contribution in [2.75, 3.05) is 11.5 Å². The van der Waals surface area contributed by atoms with E-state index in [1.54, 1.807) is 6.92 Å². The van der Waals surface area contributed by atoms with Gasteiger partial charge in [-0.2, -0.15) is 8.42 Å². The molecule has 0 saturated carbocycles. The topological polar surface area (TPSA) is 80.4 Å². The number of nitrogens with two attached hydrogens (primary N) is 1. The SMILES string of the molecule is CCCS(=O)(=O)O.CCc1c(C)cccc1N.